The topological polar surface area (TPSA) is 21.7 Å². The molecule has 1 atom stereocenters. The summed E-state index contributed by atoms with van der Waals surface area (Å²) in [6, 6.07) is 8.47. The summed E-state index contributed by atoms with van der Waals surface area (Å²) >= 11 is 3.47. The lowest BCUT2D eigenvalue weighted by Crippen LogP contribution is -2.38. The highest BCUT2D eigenvalue weighted by Crippen LogP contribution is 2.24. The van der Waals surface area contributed by atoms with Crippen LogP contribution in [0.2, 0.25) is 0 Å². The molecule has 1 aliphatic heterocycles. The van der Waals surface area contributed by atoms with Crippen LogP contribution in [-0.4, -0.2) is 44.9 Å². The van der Waals surface area contributed by atoms with Crippen molar-refractivity contribution in [3.63, 3.8) is 0 Å². The van der Waals surface area contributed by atoms with Gasteiger partial charge in [0.15, 0.2) is 0 Å². The maximum Gasteiger partial charge on any atom is 0.0952 e. The molecule has 0 bridgehead atoms. The zero-order valence-corrected chi connectivity index (χ0v) is 13.8. The average Bonchev–Trinajstić information content (AvgIpc) is 2.48. The molecular weight excluding hydrogens is 318 g/mol. The molecule has 0 amide bonds. The van der Waals surface area contributed by atoms with Crippen LogP contribution in [0.5, 0.6) is 0 Å². The van der Waals surface area contributed by atoms with E-state index >= 15 is 0 Å². The van der Waals surface area contributed by atoms with E-state index in [1.54, 1.807) is 7.11 Å². The fourth-order valence-corrected chi connectivity index (χ4v) is 2.81. The van der Waals surface area contributed by atoms with Gasteiger partial charge in [-0.25, -0.2) is 0 Å². The highest BCUT2D eigenvalue weighted by molar-refractivity contribution is 9.10. The third kappa shape index (κ3) is 5.17. The van der Waals surface area contributed by atoms with Crippen LogP contribution >= 0.6 is 15.9 Å². The summed E-state index contributed by atoms with van der Waals surface area (Å²) in [5.74, 6) is 0. The molecule has 0 aromatic heterocycles. The van der Waals surface area contributed by atoms with Gasteiger partial charge in [-0.2, -0.15) is 0 Å². The minimum atomic E-state index is 0.218. The van der Waals surface area contributed by atoms with Gasteiger partial charge in [-0.1, -0.05) is 28.1 Å². The fraction of sp³-hybridized carbons (Fsp3) is 0.625. The van der Waals surface area contributed by atoms with E-state index in [0.29, 0.717) is 0 Å². The molecule has 0 N–H and O–H groups in total. The van der Waals surface area contributed by atoms with E-state index in [-0.39, 0.29) is 6.10 Å². The van der Waals surface area contributed by atoms with Gasteiger partial charge in [0.05, 0.1) is 12.7 Å². The van der Waals surface area contributed by atoms with E-state index in [4.69, 9.17) is 9.47 Å². The maximum absolute atomic E-state index is 5.90. The molecule has 1 saturated heterocycles. The second-order valence-electron chi connectivity index (χ2n) is 5.27. The predicted octanol–water partition coefficient (Wildman–Crippen LogP) is 3.64. The van der Waals surface area contributed by atoms with E-state index in [1.165, 1.54) is 24.9 Å². The Balaban J connectivity index is 1.75. The summed E-state index contributed by atoms with van der Waals surface area (Å²) in [7, 11) is 1.77. The molecular formula is C16H24BrNO2. The van der Waals surface area contributed by atoms with Crippen molar-refractivity contribution < 1.29 is 9.47 Å². The Bertz CT molecular complexity index is 383. The van der Waals surface area contributed by atoms with Crippen LogP contribution in [0.4, 0.5) is 0 Å². The first-order valence-corrected chi connectivity index (χ1v) is 8.17. The summed E-state index contributed by atoms with van der Waals surface area (Å²) in [6.45, 7) is 4.94. The first-order chi connectivity index (χ1) is 9.79. The quantitative estimate of drug-likeness (QED) is 0.706. The SMILES string of the molecule is COCCCCCN1CCOC(c2ccc(Br)cc2)C1. The number of unbranched alkanes of at least 4 members (excludes halogenated alkanes) is 2. The summed E-state index contributed by atoms with van der Waals surface area (Å²) in [5, 5.41) is 0. The van der Waals surface area contributed by atoms with Crippen molar-refractivity contribution in [1.82, 2.24) is 4.90 Å². The molecule has 1 aliphatic rings. The minimum Gasteiger partial charge on any atom is -0.385 e. The van der Waals surface area contributed by atoms with Gasteiger partial charge in [-0.05, 0) is 43.5 Å². The number of halogens is 1. The molecule has 1 aromatic rings. The van der Waals surface area contributed by atoms with Crippen molar-refractivity contribution in [1.29, 1.82) is 0 Å². The standard InChI is InChI=1S/C16H24BrNO2/c1-19-11-4-2-3-9-18-10-12-20-16(13-18)14-5-7-15(17)8-6-14/h5-8,16H,2-4,9-13H2,1H3. The number of ether oxygens (including phenoxy) is 2. The Hall–Kier alpha value is -0.420. The van der Waals surface area contributed by atoms with Crippen molar-refractivity contribution >= 4 is 15.9 Å². The Morgan fingerprint density at radius 3 is 2.80 bits per heavy atom. The van der Waals surface area contributed by atoms with Crippen LogP contribution in [0.1, 0.15) is 30.9 Å². The Labute approximate surface area is 130 Å². The predicted molar refractivity (Wildman–Crippen MR) is 85.0 cm³/mol. The molecule has 1 unspecified atom stereocenters. The van der Waals surface area contributed by atoms with E-state index < -0.39 is 0 Å². The minimum absolute atomic E-state index is 0.218. The van der Waals surface area contributed by atoms with E-state index in [9.17, 15) is 0 Å². The summed E-state index contributed by atoms with van der Waals surface area (Å²) in [5.41, 5.74) is 1.28. The zero-order valence-electron chi connectivity index (χ0n) is 12.2. The van der Waals surface area contributed by atoms with Crippen molar-refractivity contribution in [2.75, 3.05) is 40.0 Å². The van der Waals surface area contributed by atoms with Gasteiger partial charge < -0.3 is 9.47 Å². The number of benzene rings is 1. The molecule has 2 rings (SSSR count). The molecule has 20 heavy (non-hydrogen) atoms. The monoisotopic (exact) mass is 341 g/mol. The number of hydrogen-bond acceptors (Lipinski definition) is 3. The van der Waals surface area contributed by atoms with Crippen molar-refractivity contribution in [3.05, 3.63) is 34.3 Å². The molecule has 0 saturated carbocycles. The second kappa shape index (κ2) is 8.78. The van der Waals surface area contributed by atoms with Gasteiger partial charge in [-0.15, -0.1) is 0 Å². The fourth-order valence-electron chi connectivity index (χ4n) is 2.54. The summed E-state index contributed by atoms with van der Waals surface area (Å²) < 4.78 is 12.1. The lowest BCUT2D eigenvalue weighted by atomic mass is 10.1. The number of hydrogen-bond donors (Lipinski definition) is 0. The number of methoxy groups -OCH3 is 1. The molecule has 4 heteroatoms. The lowest BCUT2D eigenvalue weighted by Gasteiger charge is -2.33. The molecule has 0 radical (unpaired) electrons. The molecule has 0 aliphatic carbocycles. The van der Waals surface area contributed by atoms with Crippen molar-refractivity contribution in [2.45, 2.75) is 25.4 Å². The third-order valence-corrected chi connectivity index (χ3v) is 4.24. The molecule has 3 nitrogen and oxygen atoms in total. The number of rotatable bonds is 7. The summed E-state index contributed by atoms with van der Waals surface area (Å²) in [4.78, 5) is 2.52. The highest BCUT2D eigenvalue weighted by atomic mass is 79.9. The van der Waals surface area contributed by atoms with Crippen LogP contribution in [-0.2, 0) is 9.47 Å². The Morgan fingerprint density at radius 1 is 1.25 bits per heavy atom. The maximum atomic E-state index is 5.90. The Kier molecular flexibility index (Phi) is 7.00. The zero-order chi connectivity index (χ0) is 14.2. The van der Waals surface area contributed by atoms with Gasteiger partial charge in [-0.3, -0.25) is 4.90 Å². The Morgan fingerprint density at radius 2 is 2.05 bits per heavy atom. The molecule has 1 fully saturated rings. The summed E-state index contributed by atoms with van der Waals surface area (Å²) in [6.07, 6.45) is 3.87. The van der Waals surface area contributed by atoms with Crippen LogP contribution < -0.4 is 0 Å². The van der Waals surface area contributed by atoms with Crippen molar-refractivity contribution in [2.24, 2.45) is 0 Å². The van der Waals surface area contributed by atoms with Crippen LogP contribution in [0.3, 0.4) is 0 Å². The van der Waals surface area contributed by atoms with Crippen molar-refractivity contribution in [3.8, 4) is 0 Å². The largest absolute Gasteiger partial charge is 0.385 e. The van der Waals surface area contributed by atoms with Crippen LogP contribution in [0.25, 0.3) is 0 Å². The molecule has 112 valence electrons. The highest BCUT2D eigenvalue weighted by Gasteiger charge is 2.21. The second-order valence-corrected chi connectivity index (χ2v) is 6.18. The first-order valence-electron chi connectivity index (χ1n) is 7.38. The van der Waals surface area contributed by atoms with E-state index in [1.807, 2.05) is 0 Å². The smallest absolute Gasteiger partial charge is 0.0952 e. The first kappa shape index (κ1) is 16.0. The van der Waals surface area contributed by atoms with E-state index in [2.05, 4.69) is 45.1 Å². The van der Waals surface area contributed by atoms with Gasteiger partial charge in [0.1, 0.15) is 0 Å². The van der Waals surface area contributed by atoms with E-state index in [0.717, 1.165) is 37.2 Å². The van der Waals surface area contributed by atoms with Crippen LogP contribution in [0, 0.1) is 0 Å². The normalized spacial score (nSPS) is 20.2. The lowest BCUT2D eigenvalue weighted by molar-refractivity contribution is -0.0304. The van der Waals surface area contributed by atoms with Gasteiger partial charge >= 0.3 is 0 Å². The number of morpholine rings is 1. The molecule has 1 aromatic carbocycles. The average molecular weight is 342 g/mol. The van der Waals surface area contributed by atoms with Gasteiger partial charge in [0.25, 0.3) is 0 Å². The third-order valence-electron chi connectivity index (χ3n) is 3.72. The molecule has 1 heterocycles. The van der Waals surface area contributed by atoms with Crippen LogP contribution in [0.15, 0.2) is 28.7 Å². The van der Waals surface area contributed by atoms with Gasteiger partial charge in [0, 0.05) is 31.3 Å². The molecule has 0 spiro atoms. The van der Waals surface area contributed by atoms with Gasteiger partial charge in [0.2, 0.25) is 0 Å². The number of nitrogens with zero attached hydrogens (tertiary/aromatic N) is 1.